The fraction of sp³-hybridized carbons (Fsp3) is 0.167. The van der Waals surface area contributed by atoms with Crippen LogP contribution in [0.15, 0.2) is 63.4 Å². The lowest BCUT2D eigenvalue weighted by Crippen LogP contribution is -2.11. The Kier molecular flexibility index (Phi) is 6.61. The Bertz CT molecular complexity index is 822. The molecule has 0 unspecified atom stereocenters. The topological polar surface area (TPSA) is 54.9 Å². The van der Waals surface area contributed by atoms with E-state index in [4.69, 9.17) is 0 Å². The van der Waals surface area contributed by atoms with E-state index in [1.807, 2.05) is 18.2 Å². The molecule has 128 valence electrons. The van der Waals surface area contributed by atoms with Crippen LogP contribution in [0.3, 0.4) is 0 Å². The molecule has 1 N–H and O–H groups in total. The second-order valence-electron chi connectivity index (χ2n) is 5.27. The number of anilines is 1. The Morgan fingerprint density at radius 3 is 2.60 bits per heavy atom. The van der Waals surface area contributed by atoms with Gasteiger partial charge in [0.1, 0.15) is 0 Å². The molecule has 1 heterocycles. The minimum Gasteiger partial charge on any atom is -0.296 e. The molecule has 0 radical (unpaired) electrons. The molecule has 0 aliphatic carbocycles. The zero-order chi connectivity index (χ0) is 17.5. The van der Waals surface area contributed by atoms with Crippen molar-refractivity contribution in [3.8, 4) is 0 Å². The first kappa shape index (κ1) is 18.1. The van der Waals surface area contributed by atoms with Crippen molar-refractivity contribution in [2.45, 2.75) is 17.2 Å². The highest BCUT2D eigenvalue weighted by Gasteiger charge is 2.10. The number of thioether (sulfide) groups is 1. The fourth-order valence-corrected chi connectivity index (χ4v) is 4.19. The number of rotatable bonds is 7. The molecule has 0 saturated heterocycles. The third-order valence-corrected chi connectivity index (χ3v) is 6.00. The van der Waals surface area contributed by atoms with Crippen LogP contribution >= 0.6 is 39.0 Å². The average molecular weight is 434 g/mol. The molecule has 25 heavy (non-hydrogen) atoms. The summed E-state index contributed by atoms with van der Waals surface area (Å²) in [7, 11) is 0. The van der Waals surface area contributed by atoms with Crippen LogP contribution in [0.1, 0.15) is 22.3 Å². The number of hydrogen-bond acceptors (Lipinski definition) is 5. The SMILES string of the molecule is O=C(Nc1nnc(SCCCc2ccccc2)s1)c1ccc(Br)cc1. The van der Waals surface area contributed by atoms with Crippen molar-refractivity contribution in [1.29, 1.82) is 0 Å². The summed E-state index contributed by atoms with van der Waals surface area (Å²) in [6, 6.07) is 17.6. The molecule has 0 spiro atoms. The molecular formula is C18H16BrN3OS2. The first-order valence-electron chi connectivity index (χ1n) is 7.78. The van der Waals surface area contributed by atoms with Crippen molar-refractivity contribution >= 4 is 50.1 Å². The Morgan fingerprint density at radius 2 is 1.84 bits per heavy atom. The maximum absolute atomic E-state index is 12.2. The summed E-state index contributed by atoms with van der Waals surface area (Å²) in [5, 5.41) is 11.5. The van der Waals surface area contributed by atoms with E-state index < -0.39 is 0 Å². The average Bonchev–Trinajstić information content (AvgIpc) is 3.07. The summed E-state index contributed by atoms with van der Waals surface area (Å²) in [4.78, 5) is 12.2. The third-order valence-electron chi connectivity index (χ3n) is 3.41. The van der Waals surface area contributed by atoms with Crippen LogP contribution in [0.4, 0.5) is 5.13 Å². The number of aromatic nitrogens is 2. The Labute approximate surface area is 163 Å². The van der Waals surface area contributed by atoms with Gasteiger partial charge in [-0.25, -0.2) is 0 Å². The maximum atomic E-state index is 12.2. The number of amides is 1. The quantitative estimate of drug-likeness (QED) is 0.312. The predicted molar refractivity (Wildman–Crippen MR) is 107 cm³/mol. The van der Waals surface area contributed by atoms with Gasteiger partial charge in [-0.1, -0.05) is 69.4 Å². The van der Waals surface area contributed by atoms with Gasteiger partial charge in [0.25, 0.3) is 5.91 Å². The van der Waals surface area contributed by atoms with Crippen LogP contribution in [0.5, 0.6) is 0 Å². The maximum Gasteiger partial charge on any atom is 0.257 e. The monoisotopic (exact) mass is 433 g/mol. The molecular weight excluding hydrogens is 418 g/mol. The number of carbonyl (C=O) groups excluding carboxylic acids is 1. The third kappa shape index (κ3) is 5.66. The Hall–Kier alpha value is -1.70. The summed E-state index contributed by atoms with van der Waals surface area (Å²) in [5.74, 6) is 0.800. The standard InChI is InChI=1S/C18H16BrN3OS2/c19-15-10-8-14(9-11-15)16(23)20-17-21-22-18(25-17)24-12-4-7-13-5-2-1-3-6-13/h1-3,5-6,8-11H,4,7,12H2,(H,20,21,23). The van der Waals surface area contributed by atoms with Gasteiger partial charge in [0, 0.05) is 15.8 Å². The van der Waals surface area contributed by atoms with E-state index in [1.165, 1.54) is 16.9 Å². The fourth-order valence-electron chi connectivity index (χ4n) is 2.17. The van der Waals surface area contributed by atoms with E-state index in [-0.39, 0.29) is 5.91 Å². The van der Waals surface area contributed by atoms with Crippen LogP contribution < -0.4 is 5.32 Å². The van der Waals surface area contributed by atoms with E-state index >= 15 is 0 Å². The molecule has 1 amide bonds. The van der Waals surface area contributed by atoms with Gasteiger partial charge in [0.05, 0.1) is 0 Å². The largest absolute Gasteiger partial charge is 0.296 e. The van der Waals surface area contributed by atoms with Gasteiger partial charge in [0.15, 0.2) is 4.34 Å². The number of hydrogen-bond donors (Lipinski definition) is 1. The molecule has 0 atom stereocenters. The molecule has 1 aromatic heterocycles. The van der Waals surface area contributed by atoms with Crippen LogP contribution in [0, 0.1) is 0 Å². The van der Waals surface area contributed by atoms with E-state index in [0.29, 0.717) is 10.7 Å². The number of halogens is 1. The highest BCUT2D eigenvalue weighted by Crippen LogP contribution is 2.26. The molecule has 0 saturated carbocycles. The van der Waals surface area contributed by atoms with Gasteiger partial charge >= 0.3 is 0 Å². The van der Waals surface area contributed by atoms with Crippen molar-refractivity contribution < 1.29 is 4.79 Å². The predicted octanol–water partition coefficient (Wildman–Crippen LogP) is 5.28. The molecule has 7 heteroatoms. The van der Waals surface area contributed by atoms with Gasteiger partial charge in [-0.05, 0) is 42.7 Å². The number of carbonyl (C=O) groups is 1. The van der Waals surface area contributed by atoms with Gasteiger partial charge in [-0.15, -0.1) is 10.2 Å². The van der Waals surface area contributed by atoms with Gasteiger partial charge in [-0.2, -0.15) is 0 Å². The lowest BCUT2D eigenvalue weighted by molar-refractivity contribution is 0.102. The first-order valence-corrected chi connectivity index (χ1v) is 10.4. The summed E-state index contributed by atoms with van der Waals surface area (Å²) in [5.41, 5.74) is 1.94. The second-order valence-corrected chi connectivity index (χ2v) is 8.51. The molecule has 0 bridgehead atoms. The lowest BCUT2D eigenvalue weighted by atomic mass is 10.1. The minimum absolute atomic E-state index is 0.177. The number of nitrogens with one attached hydrogen (secondary N) is 1. The summed E-state index contributed by atoms with van der Waals surface area (Å²) >= 11 is 6.43. The minimum atomic E-state index is -0.177. The van der Waals surface area contributed by atoms with Crippen molar-refractivity contribution in [2.75, 3.05) is 11.1 Å². The normalized spacial score (nSPS) is 10.6. The smallest absolute Gasteiger partial charge is 0.257 e. The zero-order valence-electron chi connectivity index (χ0n) is 13.3. The highest BCUT2D eigenvalue weighted by atomic mass is 79.9. The second kappa shape index (κ2) is 9.12. The van der Waals surface area contributed by atoms with Crippen molar-refractivity contribution in [2.24, 2.45) is 0 Å². The summed E-state index contributed by atoms with van der Waals surface area (Å²) in [6.07, 6.45) is 2.13. The summed E-state index contributed by atoms with van der Waals surface area (Å²) < 4.78 is 1.81. The van der Waals surface area contributed by atoms with Crippen molar-refractivity contribution in [1.82, 2.24) is 10.2 Å². The van der Waals surface area contributed by atoms with Crippen molar-refractivity contribution in [3.63, 3.8) is 0 Å². The molecule has 3 aromatic rings. The molecule has 4 nitrogen and oxygen atoms in total. The van der Waals surface area contributed by atoms with E-state index in [1.54, 1.807) is 23.9 Å². The van der Waals surface area contributed by atoms with E-state index in [9.17, 15) is 4.79 Å². The Balaban J connectivity index is 1.45. The molecule has 0 aliphatic rings. The van der Waals surface area contributed by atoms with E-state index in [2.05, 4.69) is 55.7 Å². The molecule has 2 aromatic carbocycles. The van der Waals surface area contributed by atoms with E-state index in [0.717, 1.165) is 27.4 Å². The summed E-state index contributed by atoms with van der Waals surface area (Å²) in [6.45, 7) is 0. The van der Waals surface area contributed by atoms with Gasteiger partial charge in [-0.3, -0.25) is 10.1 Å². The highest BCUT2D eigenvalue weighted by molar-refractivity contribution is 9.10. The molecule has 0 fully saturated rings. The van der Waals surface area contributed by atoms with Crippen molar-refractivity contribution in [3.05, 3.63) is 70.2 Å². The molecule has 0 aliphatic heterocycles. The van der Waals surface area contributed by atoms with Crippen LogP contribution in [-0.2, 0) is 6.42 Å². The first-order chi connectivity index (χ1) is 12.2. The van der Waals surface area contributed by atoms with Crippen LogP contribution in [-0.4, -0.2) is 21.9 Å². The van der Waals surface area contributed by atoms with Crippen LogP contribution in [0.25, 0.3) is 0 Å². The van der Waals surface area contributed by atoms with Gasteiger partial charge < -0.3 is 0 Å². The lowest BCUT2D eigenvalue weighted by Gasteiger charge is -2.01. The number of aryl methyl sites for hydroxylation is 1. The number of nitrogens with zero attached hydrogens (tertiary/aromatic N) is 2. The van der Waals surface area contributed by atoms with Gasteiger partial charge in [0.2, 0.25) is 5.13 Å². The zero-order valence-corrected chi connectivity index (χ0v) is 16.5. The van der Waals surface area contributed by atoms with Crippen LogP contribution in [0.2, 0.25) is 0 Å². The molecule has 3 rings (SSSR count). The number of benzene rings is 2. The Morgan fingerprint density at radius 1 is 1.08 bits per heavy atom.